The Hall–Kier alpha value is -2.57. The highest BCUT2D eigenvalue weighted by Crippen LogP contribution is 2.08. The summed E-state index contributed by atoms with van der Waals surface area (Å²) < 4.78 is 5.02. The van der Waals surface area contributed by atoms with E-state index in [2.05, 4.69) is 10.6 Å². The molecule has 2 amide bonds. The van der Waals surface area contributed by atoms with Gasteiger partial charge in [0.15, 0.2) is 0 Å². The first-order valence-corrected chi connectivity index (χ1v) is 7.85. The summed E-state index contributed by atoms with van der Waals surface area (Å²) in [6.07, 6.45) is -0.130. The minimum Gasteiger partial charge on any atom is -0.480 e. The number of carbonyl (C=O) groups excluding carboxylic acids is 2. The van der Waals surface area contributed by atoms with E-state index in [0.717, 1.165) is 5.56 Å². The molecule has 0 heterocycles. The molecule has 0 aliphatic carbocycles. The van der Waals surface area contributed by atoms with Gasteiger partial charge in [0.25, 0.3) is 0 Å². The second-order valence-electron chi connectivity index (χ2n) is 5.64. The molecule has 1 aromatic rings. The number of carbonyl (C=O) groups is 3. The van der Waals surface area contributed by atoms with E-state index in [9.17, 15) is 19.5 Å². The van der Waals surface area contributed by atoms with Gasteiger partial charge in [-0.15, -0.1) is 0 Å². The maximum atomic E-state index is 12.0. The van der Waals surface area contributed by atoms with Crippen molar-refractivity contribution < 1.29 is 24.2 Å². The van der Waals surface area contributed by atoms with Crippen molar-refractivity contribution in [1.29, 1.82) is 0 Å². The molecule has 132 valence electrons. The van der Waals surface area contributed by atoms with E-state index >= 15 is 0 Å². The van der Waals surface area contributed by atoms with Crippen LogP contribution < -0.4 is 10.6 Å². The highest BCUT2D eigenvalue weighted by molar-refractivity contribution is 5.89. The Balaban J connectivity index is 2.47. The Labute approximate surface area is 141 Å². The van der Waals surface area contributed by atoms with E-state index in [0.29, 0.717) is 6.42 Å². The first-order chi connectivity index (χ1) is 11.3. The fraction of sp³-hybridized carbons (Fsp3) is 0.471. The fourth-order valence-corrected chi connectivity index (χ4v) is 1.97. The molecule has 3 N–H and O–H groups in total. The molecule has 0 aromatic heterocycles. The normalized spacial score (nSPS) is 14.1. The zero-order valence-electron chi connectivity index (χ0n) is 14.1. The van der Waals surface area contributed by atoms with E-state index in [1.807, 2.05) is 37.3 Å². The van der Waals surface area contributed by atoms with Crippen LogP contribution in [-0.2, 0) is 20.9 Å². The Kier molecular flexibility index (Phi) is 7.74. The molecule has 0 aliphatic heterocycles. The third-order valence-corrected chi connectivity index (χ3v) is 3.72. The molecule has 0 unspecified atom stereocenters. The molecule has 1 aromatic carbocycles. The van der Waals surface area contributed by atoms with Crippen molar-refractivity contribution in [1.82, 2.24) is 10.6 Å². The van der Waals surface area contributed by atoms with Gasteiger partial charge in [-0.3, -0.25) is 4.79 Å². The van der Waals surface area contributed by atoms with Crippen LogP contribution in [0.25, 0.3) is 0 Å². The molecular formula is C17H24N2O5. The molecule has 7 heteroatoms. The van der Waals surface area contributed by atoms with Gasteiger partial charge in [0.1, 0.15) is 18.7 Å². The smallest absolute Gasteiger partial charge is 0.408 e. The summed E-state index contributed by atoms with van der Waals surface area (Å²) in [6.45, 7) is 5.14. The van der Waals surface area contributed by atoms with Gasteiger partial charge in [0.05, 0.1) is 0 Å². The van der Waals surface area contributed by atoms with Crippen molar-refractivity contribution in [2.45, 2.75) is 45.9 Å². The number of benzene rings is 1. The molecule has 0 fully saturated rings. The Morgan fingerprint density at radius 1 is 1.12 bits per heavy atom. The van der Waals surface area contributed by atoms with E-state index in [4.69, 9.17) is 4.74 Å². The molecule has 0 saturated carbocycles. The number of carboxylic acids is 1. The van der Waals surface area contributed by atoms with Gasteiger partial charge >= 0.3 is 12.1 Å². The third kappa shape index (κ3) is 6.28. The highest BCUT2D eigenvalue weighted by atomic mass is 16.5. The van der Waals surface area contributed by atoms with Crippen LogP contribution in [0.4, 0.5) is 4.79 Å². The monoisotopic (exact) mass is 336 g/mol. The summed E-state index contributed by atoms with van der Waals surface area (Å²) in [4.78, 5) is 35.0. The van der Waals surface area contributed by atoms with E-state index < -0.39 is 30.1 Å². The van der Waals surface area contributed by atoms with Gasteiger partial charge in [-0.2, -0.15) is 0 Å². The fourth-order valence-electron chi connectivity index (χ4n) is 1.97. The lowest BCUT2D eigenvalue weighted by atomic mass is 9.99. The van der Waals surface area contributed by atoms with Crippen LogP contribution >= 0.6 is 0 Å². The van der Waals surface area contributed by atoms with Gasteiger partial charge in [0.2, 0.25) is 5.91 Å². The number of nitrogens with one attached hydrogen (secondary N) is 2. The van der Waals surface area contributed by atoms with Gasteiger partial charge in [-0.05, 0) is 18.4 Å². The summed E-state index contributed by atoms with van der Waals surface area (Å²) >= 11 is 0. The van der Waals surface area contributed by atoms with E-state index in [-0.39, 0.29) is 12.5 Å². The second kappa shape index (κ2) is 9.54. The average molecular weight is 336 g/mol. The Morgan fingerprint density at radius 3 is 2.29 bits per heavy atom. The first-order valence-electron chi connectivity index (χ1n) is 7.85. The predicted octanol–water partition coefficient (Wildman–Crippen LogP) is 1.92. The van der Waals surface area contributed by atoms with Gasteiger partial charge < -0.3 is 20.5 Å². The number of aliphatic carboxylic acids is 1. The molecule has 0 spiro atoms. The molecule has 1 rings (SSSR count). The lowest BCUT2D eigenvalue weighted by Gasteiger charge is -2.22. The van der Waals surface area contributed by atoms with Gasteiger partial charge in [-0.25, -0.2) is 9.59 Å². The second-order valence-corrected chi connectivity index (χ2v) is 5.64. The van der Waals surface area contributed by atoms with Crippen LogP contribution in [-0.4, -0.2) is 35.2 Å². The topological polar surface area (TPSA) is 105 Å². The number of alkyl carbamates (subject to hydrolysis) is 1. The zero-order chi connectivity index (χ0) is 18.1. The van der Waals surface area contributed by atoms with Crippen molar-refractivity contribution in [3.63, 3.8) is 0 Å². The number of rotatable bonds is 8. The number of amides is 2. The van der Waals surface area contributed by atoms with Crippen molar-refractivity contribution in [2.75, 3.05) is 0 Å². The van der Waals surface area contributed by atoms with Gasteiger partial charge in [-0.1, -0.05) is 50.6 Å². The predicted molar refractivity (Wildman–Crippen MR) is 88.2 cm³/mol. The van der Waals surface area contributed by atoms with Crippen molar-refractivity contribution in [3.8, 4) is 0 Å². The lowest BCUT2D eigenvalue weighted by Crippen LogP contribution is -2.52. The van der Waals surface area contributed by atoms with Crippen molar-refractivity contribution in [2.24, 2.45) is 5.92 Å². The number of hydrogen-bond acceptors (Lipinski definition) is 4. The number of hydrogen-bond donors (Lipinski definition) is 3. The largest absolute Gasteiger partial charge is 0.480 e. The van der Waals surface area contributed by atoms with Gasteiger partial charge in [0, 0.05) is 0 Å². The molecule has 7 nitrogen and oxygen atoms in total. The summed E-state index contributed by atoms with van der Waals surface area (Å²) in [5, 5.41) is 14.0. The van der Waals surface area contributed by atoms with Crippen LogP contribution in [0.1, 0.15) is 32.8 Å². The standard InChI is InChI=1S/C17H24N2O5/c1-4-11(2)14(16(21)22)19-15(20)12(3)18-17(23)24-10-13-8-6-5-7-9-13/h5-9,11-12,14H,4,10H2,1-3H3,(H,18,23)(H,19,20)(H,21,22)/t11-,12-,14+/m0/s1. The molecule has 3 atom stereocenters. The average Bonchev–Trinajstić information content (AvgIpc) is 2.57. The SMILES string of the molecule is CC[C@H](C)[C@@H](NC(=O)[C@H](C)NC(=O)OCc1ccccc1)C(=O)O. The van der Waals surface area contributed by atoms with Crippen LogP contribution in [0.5, 0.6) is 0 Å². The maximum absolute atomic E-state index is 12.0. The maximum Gasteiger partial charge on any atom is 0.408 e. The summed E-state index contributed by atoms with van der Waals surface area (Å²) in [5.41, 5.74) is 0.826. The quantitative estimate of drug-likeness (QED) is 0.673. The molecule has 0 radical (unpaired) electrons. The van der Waals surface area contributed by atoms with Crippen molar-refractivity contribution >= 4 is 18.0 Å². The zero-order valence-corrected chi connectivity index (χ0v) is 14.1. The highest BCUT2D eigenvalue weighted by Gasteiger charge is 2.27. The van der Waals surface area contributed by atoms with E-state index in [1.165, 1.54) is 6.92 Å². The lowest BCUT2D eigenvalue weighted by molar-refractivity contribution is -0.143. The van der Waals surface area contributed by atoms with Crippen molar-refractivity contribution in [3.05, 3.63) is 35.9 Å². The molecular weight excluding hydrogens is 312 g/mol. The summed E-state index contributed by atoms with van der Waals surface area (Å²) in [7, 11) is 0. The molecule has 0 bridgehead atoms. The summed E-state index contributed by atoms with van der Waals surface area (Å²) in [6, 6.07) is 7.24. The third-order valence-electron chi connectivity index (χ3n) is 3.72. The molecule has 0 saturated heterocycles. The molecule has 24 heavy (non-hydrogen) atoms. The molecule has 0 aliphatic rings. The Bertz CT molecular complexity index is 561. The first kappa shape index (κ1) is 19.5. The van der Waals surface area contributed by atoms with Crippen LogP contribution in [0.15, 0.2) is 30.3 Å². The van der Waals surface area contributed by atoms with Crippen LogP contribution in [0.2, 0.25) is 0 Å². The van der Waals surface area contributed by atoms with Crippen LogP contribution in [0.3, 0.4) is 0 Å². The minimum atomic E-state index is -1.10. The minimum absolute atomic E-state index is 0.0889. The number of ether oxygens (including phenoxy) is 1. The Morgan fingerprint density at radius 2 is 1.75 bits per heavy atom. The van der Waals surface area contributed by atoms with Crippen LogP contribution in [0, 0.1) is 5.92 Å². The number of carboxylic acid groups (broad SMARTS) is 1. The summed E-state index contributed by atoms with van der Waals surface area (Å²) in [5.74, 6) is -1.89. The van der Waals surface area contributed by atoms with E-state index in [1.54, 1.807) is 6.92 Å².